The Balaban J connectivity index is 1.75. The van der Waals surface area contributed by atoms with E-state index in [1.807, 2.05) is 6.92 Å². The molecule has 1 atom stereocenters. The molecule has 8 heteroatoms. The third kappa shape index (κ3) is 4.29. The maximum Gasteiger partial charge on any atom is 0.243 e. The molecule has 1 aromatic heterocycles. The Bertz CT molecular complexity index is 836. The number of nitrogens with zero attached hydrogens (tertiary/aromatic N) is 3. The van der Waals surface area contributed by atoms with E-state index in [1.165, 1.54) is 16.4 Å². The highest BCUT2D eigenvalue weighted by Crippen LogP contribution is 2.24. The molecule has 0 aliphatic carbocycles. The molecule has 1 aliphatic rings. The number of sulfonamides is 1. The van der Waals surface area contributed by atoms with Gasteiger partial charge in [-0.1, -0.05) is 11.6 Å². The lowest BCUT2D eigenvalue weighted by Crippen LogP contribution is -2.44. The number of rotatable bonds is 4. The number of halogens is 1. The summed E-state index contributed by atoms with van der Waals surface area (Å²) >= 11 is 5.85. The van der Waals surface area contributed by atoms with Gasteiger partial charge in [0.05, 0.1) is 11.4 Å². The zero-order valence-electron chi connectivity index (χ0n) is 14.1. The van der Waals surface area contributed by atoms with Crippen molar-refractivity contribution in [2.45, 2.75) is 37.7 Å². The highest BCUT2D eigenvalue weighted by atomic mass is 35.5. The van der Waals surface area contributed by atoms with Gasteiger partial charge in [0.15, 0.2) is 0 Å². The van der Waals surface area contributed by atoms with E-state index in [1.54, 1.807) is 25.1 Å². The van der Waals surface area contributed by atoms with Gasteiger partial charge < -0.3 is 4.74 Å². The van der Waals surface area contributed by atoms with E-state index in [9.17, 15) is 8.42 Å². The van der Waals surface area contributed by atoms with E-state index in [2.05, 4.69) is 9.97 Å². The number of aromatic nitrogens is 2. The van der Waals surface area contributed by atoms with E-state index in [0.717, 1.165) is 18.5 Å². The maximum absolute atomic E-state index is 12.8. The first kappa shape index (κ1) is 18.1. The zero-order chi connectivity index (χ0) is 18.0. The van der Waals surface area contributed by atoms with Crippen LogP contribution < -0.4 is 4.74 Å². The van der Waals surface area contributed by atoms with Gasteiger partial charge in [0, 0.05) is 23.3 Å². The largest absolute Gasteiger partial charge is 0.473 e. The van der Waals surface area contributed by atoms with Crippen LogP contribution in [0.3, 0.4) is 0 Å². The summed E-state index contributed by atoms with van der Waals surface area (Å²) in [5.41, 5.74) is 0.823. The molecule has 1 fully saturated rings. The summed E-state index contributed by atoms with van der Waals surface area (Å²) < 4.78 is 33.0. The molecule has 0 amide bonds. The minimum Gasteiger partial charge on any atom is -0.473 e. The Labute approximate surface area is 152 Å². The van der Waals surface area contributed by atoms with Gasteiger partial charge in [0.2, 0.25) is 15.9 Å². The fourth-order valence-corrected chi connectivity index (χ4v) is 4.53. The molecule has 1 aliphatic heterocycles. The molecule has 0 saturated carbocycles. The third-order valence-corrected chi connectivity index (χ3v) is 6.15. The van der Waals surface area contributed by atoms with Crippen molar-refractivity contribution < 1.29 is 13.2 Å². The Morgan fingerprint density at radius 3 is 2.60 bits per heavy atom. The van der Waals surface area contributed by atoms with Crippen LogP contribution in [0.15, 0.2) is 35.2 Å². The Hall–Kier alpha value is -1.70. The van der Waals surface area contributed by atoms with Crippen LogP contribution in [0.5, 0.6) is 5.88 Å². The van der Waals surface area contributed by atoms with Crippen LogP contribution >= 0.6 is 11.6 Å². The molecule has 0 bridgehead atoms. The van der Waals surface area contributed by atoms with Crippen LogP contribution in [0.4, 0.5) is 0 Å². The summed E-state index contributed by atoms with van der Waals surface area (Å²) in [6.45, 7) is 4.46. The number of ether oxygens (including phenoxy) is 1. The summed E-state index contributed by atoms with van der Waals surface area (Å²) in [6.07, 6.45) is 1.29. The highest BCUT2D eigenvalue weighted by Gasteiger charge is 2.31. The number of hydrogen-bond acceptors (Lipinski definition) is 5. The van der Waals surface area contributed by atoms with E-state index in [4.69, 9.17) is 16.3 Å². The van der Waals surface area contributed by atoms with Crippen molar-refractivity contribution >= 4 is 21.6 Å². The van der Waals surface area contributed by atoms with Crippen molar-refractivity contribution in [3.8, 4) is 5.88 Å². The van der Waals surface area contributed by atoms with Gasteiger partial charge in [-0.05, 0) is 51.0 Å². The number of aryl methyl sites for hydroxylation is 2. The number of piperidine rings is 1. The molecule has 0 N–H and O–H groups in total. The first-order valence-corrected chi connectivity index (χ1v) is 9.91. The van der Waals surface area contributed by atoms with Crippen LogP contribution in [0.25, 0.3) is 0 Å². The van der Waals surface area contributed by atoms with Crippen molar-refractivity contribution in [2.75, 3.05) is 13.1 Å². The lowest BCUT2D eigenvalue weighted by atomic mass is 10.1. The van der Waals surface area contributed by atoms with E-state index >= 15 is 0 Å². The molecule has 1 saturated heterocycles. The first-order chi connectivity index (χ1) is 11.8. The fraction of sp³-hybridized carbons (Fsp3) is 0.412. The van der Waals surface area contributed by atoms with Gasteiger partial charge in [0.25, 0.3) is 0 Å². The second kappa shape index (κ2) is 7.27. The summed E-state index contributed by atoms with van der Waals surface area (Å²) in [5.74, 6) is 1.12. The second-order valence-corrected chi connectivity index (χ2v) is 8.47. The minimum absolute atomic E-state index is 0.232. The van der Waals surface area contributed by atoms with Crippen LogP contribution in [0.1, 0.15) is 24.4 Å². The van der Waals surface area contributed by atoms with Crippen molar-refractivity contribution in [1.29, 1.82) is 0 Å². The Morgan fingerprint density at radius 1 is 1.20 bits per heavy atom. The summed E-state index contributed by atoms with van der Waals surface area (Å²) in [7, 11) is -3.56. The van der Waals surface area contributed by atoms with Crippen molar-refractivity contribution in [1.82, 2.24) is 14.3 Å². The Kier molecular flexibility index (Phi) is 5.27. The quantitative estimate of drug-likeness (QED) is 0.814. The predicted octanol–water partition coefficient (Wildman–Crippen LogP) is 2.98. The minimum atomic E-state index is -3.56. The van der Waals surface area contributed by atoms with Gasteiger partial charge in [-0.25, -0.2) is 13.4 Å². The smallest absolute Gasteiger partial charge is 0.243 e. The lowest BCUT2D eigenvalue weighted by molar-refractivity contribution is 0.124. The maximum atomic E-state index is 12.8. The summed E-state index contributed by atoms with van der Waals surface area (Å²) in [6, 6.07) is 7.98. The molecule has 25 heavy (non-hydrogen) atoms. The van der Waals surface area contributed by atoms with E-state index in [0.29, 0.717) is 29.8 Å². The molecule has 3 rings (SSSR count). The second-order valence-electron chi connectivity index (χ2n) is 6.09. The average Bonchev–Trinajstić information content (AvgIpc) is 2.54. The van der Waals surface area contributed by atoms with Gasteiger partial charge in [-0.2, -0.15) is 9.29 Å². The molecule has 0 radical (unpaired) electrons. The number of benzene rings is 1. The normalized spacial score (nSPS) is 18.9. The lowest BCUT2D eigenvalue weighted by Gasteiger charge is -2.31. The topological polar surface area (TPSA) is 72.4 Å². The van der Waals surface area contributed by atoms with E-state index in [-0.39, 0.29) is 11.0 Å². The standard InChI is InChI=1S/C17H20ClN3O3S/c1-12-10-17(20-13(2)19-12)24-15-4-3-9-21(11-15)25(22,23)16-7-5-14(18)6-8-16/h5-8,10,15H,3-4,9,11H2,1-2H3/t15-/m0/s1. The molecular formula is C17H20ClN3O3S. The zero-order valence-corrected chi connectivity index (χ0v) is 15.7. The molecule has 0 unspecified atom stereocenters. The van der Waals surface area contributed by atoms with Crippen LogP contribution in [-0.4, -0.2) is 41.9 Å². The van der Waals surface area contributed by atoms with Gasteiger partial charge in [-0.15, -0.1) is 0 Å². The van der Waals surface area contributed by atoms with Gasteiger partial charge in [-0.3, -0.25) is 0 Å². The van der Waals surface area contributed by atoms with Crippen LogP contribution in [0.2, 0.25) is 5.02 Å². The molecular weight excluding hydrogens is 362 g/mol. The van der Waals surface area contributed by atoms with Crippen LogP contribution in [-0.2, 0) is 10.0 Å². The summed E-state index contributed by atoms with van der Waals surface area (Å²) in [4.78, 5) is 8.73. The van der Waals surface area contributed by atoms with Crippen LogP contribution in [0, 0.1) is 13.8 Å². The molecule has 0 spiro atoms. The average molecular weight is 382 g/mol. The third-order valence-electron chi connectivity index (χ3n) is 4.02. The van der Waals surface area contributed by atoms with Gasteiger partial charge in [0.1, 0.15) is 11.9 Å². The fourth-order valence-electron chi connectivity index (χ4n) is 2.89. The predicted molar refractivity (Wildman–Crippen MR) is 95.4 cm³/mol. The van der Waals surface area contributed by atoms with Crippen molar-refractivity contribution in [2.24, 2.45) is 0 Å². The number of hydrogen-bond donors (Lipinski definition) is 0. The van der Waals surface area contributed by atoms with Crippen molar-refractivity contribution in [3.63, 3.8) is 0 Å². The molecule has 1 aromatic carbocycles. The highest BCUT2D eigenvalue weighted by molar-refractivity contribution is 7.89. The Morgan fingerprint density at radius 2 is 1.92 bits per heavy atom. The molecule has 2 aromatic rings. The molecule has 134 valence electrons. The monoisotopic (exact) mass is 381 g/mol. The van der Waals surface area contributed by atoms with E-state index < -0.39 is 10.0 Å². The van der Waals surface area contributed by atoms with Crippen molar-refractivity contribution in [3.05, 3.63) is 46.9 Å². The summed E-state index contributed by atoms with van der Waals surface area (Å²) in [5, 5.41) is 0.508. The molecule has 2 heterocycles. The van der Waals surface area contributed by atoms with Gasteiger partial charge >= 0.3 is 0 Å². The SMILES string of the molecule is Cc1cc(O[C@H]2CCCN(S(=O)(=O)c3ccc(Cl)cc3)C2)nc(C)n1. The first-order valence-electron chi connectivity index (χ1n) is 8.09. The molecule has 6 nitrogen and oxygen atoms in total.